The Morgan fingerprint density at radius 1 is 1.00 bits per heavy atom. The van der Waals surface area contributed by atoms with Crippen LogP contribution in [-0.4, -0.2) is 40.4 Å². The molecule has 0 amide bonds. The molecule has 11 heteroatoms. The van der Waals surface area contributed by atoms with Crippen LogP contribution in [0.4, 0.5) is 11.4 Å². The van der Waals surface area contributed by atoms with Gasteiger partial charge in [0.05, 0.1) is 23.6 Å². The first kappa shape index (κ1) is 24.5. The molecule has 4 aromatic rings. The highest BCUT2D eigenvalue weighted by molar-refractivity contribution is 7.92. The Labute approximate surface area is 219 Å². The van der Waals surface area contributed by atoms with Gasteiger partial charge in [-0.1, -0.05) is 6.07 Å². The Morgan fingerprint density at radius 2 is 1.70 bits per heavy atom. The van der Waals surface area contributed by atoms with Crippen molar-refractivity contribution in [2.45, 2.75) is 12.1 Å². The minimum atomic E-state index is -3.41. The first-order valence-corrected chi connectivity index (χ1v) is 13.6. The van der Waals surface area contributed by atoms with Gasteiger partial charge in [0.15, 0.2) is 5.11 Å². The second-order valence-electron chi connectivity index (χ2n) is 8.57. The van der Waals surface area contributed by atoms with E-state index >= 15 is 0 Å². The van der Waals surface area contributed by atoms with Gasteiger partial charge in [-0.15, -0.1) is 0 Å². The van der Waals surface area contributed by atoms with Gasteiger partial charge in [0.1, 0.15) is 6.04 Å². The van der Waals surface area contributed by atoms with Crippen molar-refractivity contribution in [3.05, 3.63) is 108 Å². The van der Waals surface area contributed by atoms with Crippen LogP contribution >= 0.6 is 12.2 Å². The number of anilines is 2. The van der Waals surface area contributed by atoms with Gasteiger partial charge < -0.3 is 19.9 Å². The minimum Gasteiger partial charge on any atom is -0.478 e. The van der Waals surface area contributed by atoms with Gasteiger partial charge in [0.25, 0.3) is 0 Å². The molecular weight excluding hydrogens is 510 g/mol. The van der Waals surface area contributed by atoms with E-state index in [1.54, 1.807) is 42.6 Å². The number of pyridine rings is 1. The Bertz CT molecular complexity index is 1550. The van der Waals surface area contributed by atoms with Crippen molar-refractivity contribution in [1.29, 1.82) is 0 Å². The number of hydrogen-bond acceptors (Lipinski definition) is 5. The molecule has 0 aliphatic carbocycles. The summed E-state index contributed by atoms with van der Waals surface area (Å²) in [4.78, 5) is 17.9. The van der Waals surface area contributed by atoms with Crippen LogP contribution in [0.2, 0.25) is 0 Å². The van der Waals surface area contributed by atoms with Gasteiger partial charge >= 0.3 is 5.97 Å². The van der Waals surface area contributed by atoms with Crippen molar-refractivity contribution in [1.82, 2.24) is 14.9 Å². The number of carbonyl (C=O) groups is 1. The van der Waals surface area contributed by atoms with Gasteiger partial charge in [-0.3, -0.25) is 9.71 Å². The van der Waals surface area contributed by atoms with Crippen LogP contribution in [-0.2, 0) is 10.0 Å². The predicted octanol–water partition coefficient (Wildman–Crippen LogP) is 4.12. The number of rotatable bonds is 7. The SMILES string of the molecule is CS(=O)(=O)Nc1ccc(N2C(=S)N[C@@H](c3ccccn3)[C@H]2c2cccn2-c2ccc(C(=O)O)cc2)cc1. The fourth-order valence-electron chi connectivity index (χ4n) is 4.47. The van der Waals surface area contributed by atoms with Crippen LogP contribution in [0.25, 0.3) is 5.69 Å². The summed E-state index contributed by atoms with van der Waals surface area (Å²) in [5, 5.41) is 13.2. The van der Waals surface area contributed by atoms with E-state index < -0.39 is 16.0 Å². The van der Waals surface area contributed by atoms with Gasteiger partial charge in [-0.25, -0.2) is 13.2 Å². The first-order valence-electron chi connectivity index (χ1n) is 11.3. The lowest BCUT2D eigenvalue weighted by Gasteiger charge is -2.29. The summed E-state index contributed by atoms with van der Waals surface area (Å²) in [5.74, 6) is -0.986. The van der Waals surface area contributed by atoms with Crippen LogP contribution in [0.1, 0.15) is 33.8 Å². The number of aromatic carboxylic acids is 1. The standard InChI is InChI=1S/C26H23N5O4S2/c1-37(34,35)29-18-9-13-20(14-10-18)31-24(23(28-26(31)36)21-5-2-3-15-27-21)22-6-4-16-30(22)19-11-7-17(8-12-19)25(32)33/h2-16,23-24,29H,1H3,(H,28,36)(H,32,33)/t23-,24+/m0/s1. The highest BCUT2D eigenvalue weighted by atomic mass is 32.2. The highest BCUT2D eigenvalue weighted by Gasteiger charge is 2.42. The molecule has 0 saturated carbocycles. The van der Waals surface area contributed by atoms with Crippen LogP contribution in [0.15, 0.2) is 91.3 Å². The molecule has 0 radical (unpaired) electrons. The van der Waals surface area contributed by atoms with E-state index in [1.165, 1.54) is 0 Å². The number of sulfonamides is 1. The molecule has 2 aromatic carbocycles. The fourth-order valence-corrected chi connectivity index (χ4v) is 5.38. The zero-order valence-corrected chi connectivity index (χ0v) is 21.3. The quantitative estimate of drug-likeness (QED) is 0.304. The molecule has 37 heavy (non-hydrogen) atoms. The second kappa shape index (κ2) is 9.68. The summed E-state index contributed by atoms with van der Waals surface area (Å²) >= 11 is 5.78. The van der Waals surface area contributed by atoms with E-state index in [9.17, 15) is 18.3 Å². The first-order chi connectivity index (χ1) is 17.7. The molecule has 188 valence electrons. The number of benzene rings is 2. The van der Waals surface area contributed by atoms with Gasteiger partial charge in [0, 0.05) is 35.1 Å². The maximum absolute atomic E-state index is 11.6. The van der Waals surface area contributed by atoms with E-state index in [2.05, 4.69) is 15.0 Å². The lowest BCUT2D eigenvalue weighted by Crippen LogP contribution is -2.30. The van der Waals surface area contributed by atoms with Crippen LogP contribution < -0.4 is 14.9 Å². The molecule has 3 heterocycles. The zero-order valence-electron chi connectivity index (χ0n) is 19.6. The number of nitrogens with zero attached hydrogens (tertiary/aromatic N) is 3. The number of aromatic nitrogens is 2. The second-order valence-corrected chi connectivity index (χ2v) is 10.7. The number of hydrogen-bond donors (Lipinski definition) is 3. The average Bonchev–Trinajstić information content (AvgIpc) is 3.48. The summed E-state index contributed by atoms with van der Waals surface area (Å²) in [5.41, 5.74) is 3.94. The lowest BCUT2D eigenvalue weighted by molar-refractivity contribution is 0.0697. The monoisotopic (exact) mass is 533 g/mol. The Balaban J connectivity index is 1.59. The molecule has 0 spiro atoms. The largest absolute Gasteiger partial charge is 0.478 e. The molecule has 2 atom stereocenters. The maximum atomic E-state index is 11.6. The molecule has 0 unspecified atom stereocenters. The summed E-state index contributed by atoms with van der Waals surface area (Å²) < 4.78 is 27.7. The van der Waals surface area contributed by atoms with E-state index in [4.69, 9.17) is 12.2 Å². The summed E-state index contributed by atoms with van der Waals surface area (Å²) in [6.07, 6.45) is 4.75. The van der Waals surface area contributed by atoms with Crippen molar-refractivity contribution >= 4 is 44.7 Å². The van der Waals surface area contributed by atoms with Gasteiger partial charge in [-0.05, 0) is 85.0 Å². The number of carboxylic acid groups (broad SMARTS) is 1. The molecule has 0 bridgehead atoms. The average molecular weight is 534 g/mol. The maximum Gasteiger partial charge on any atom is 0.335 e. The molecule has 3 N–H and O–H groups in total. The van der Waals surface area contributed by atoms with Crippen LogP contribution in [0, 0.1) is 0 Å². The number of nitrogens with one attached hydrogen (secondary N) is 2. The van der Waals surface area contributed by atoms with Crippen molar-refractivity contribution in [2.24, 2.45) is 0 Å². The summed E-state index contributed by atoms with van der Waals surface area (Å²) in [6.45, 7) is 0. The minimum absolute atomic E-state index is 0.206. The summed E-state index contributed by atoms with van der Waals surface area (Å²) in [6, 6.07) is 22.7. The third kappa shape index (κ3) is 5.04. The molecule has 1 fully saturated rings. The normalized spacial score (nSPS) is 17.4. The molecule has 1 saturated heterocycles. The van der Waals surface area contributed by atoms with Crippen molar-refractivity contribution < 1.29 is 18.3 Å². The van der Waals surface area contributed by atoms with Crippen molar-refractivity contribution in [3.63, 3.8) is 0 Å². The number of thiocarbonyl (C=S) groups is 1. The zero-order chi connectivity index (χ0) is 26.2. The van der Waals surface area contributed by atoms with E-state index in [-0.39, 0.29) is 17.6 Å². The molecule has 5 rings (SSSR count). The Hall–Kier alpha value is -4.22. The molecule has 2 aromatic heterocycles. The topological polar surface area (TPSA) is 117 Å². The smallest absolute Gasteiger partial charge is 0.335 e. The van der Waals surface area contributed by atoms with Gasteiger partial charge in [0.2, 0.25) is 10.0 Å². The Kier molecular flexibility index (Phi) is 6.40. The third-order valence-electron chi connectivity index (χ3n) is 6.02. The van der Waals surface area contributed by atoms with Crippen LogP contribution in [0.5, 0.6) is 0 Å². The van der Waals surface area contributed by atoms with Crippen molar-refractivity contribution in [2.75, 3.05) is 15.9 Å². The number of carboxylic acids is 1. The molecular formula is C26H23N5O4S2. The van der Waals surface area contributed by atoms with Crippen LogP contribution in [0.3, 0.4) is 0 Å². The third-order valence-corrected chi connectivity index (χ3v) is 6.94. The fraction of sp³-hybridized carbons (Fsp3) is 0.115. The predicted molar refractivity (Wildman–Crippen MR) is 146 cm³/mol. The molecule has 9 nitrogen and oxygen atoms in total. The Morgan fingerprint density at radius 3 is 2.32 bits per heavy atom. The van der Waals surface area contributed by atoms with E-state index in [0.717, 1.165) is 29.0 Å². The van der Waals surface area contributed by atoms with Crippen molar-refractivity contribution in [3.8, 4) is 5.69 Å². The highest BCUT2D eigenvalue weighted by Crippen LogP contribution is 2.42. The molecule has 1 aliphatic heterocycles. The molecule has 1 aliphatic rings. The van der Waals surface area contributed by atoms with Gasteiger partial charge in [-0.2, -0.15) is 0 Å². The summed E-state index contributed by atoms with van der Waals surface area (Å²) in [7, 11) is -3.41. The van der Waals surface area contributed by atoms with E-state index in [0.29, 0.717) is 10.8 Å². The lowest BCUT2D eigenvalue weighted by atomic mass is 10.0. The van der Waals surface area contributed by atoms with E-state index in [1.807, 2.05) is 58.1 Å².